The molecule has 0 aliphatic rings. The van der Waals surface area contributed by atoms with Gasteiger partial charge < -0.3 is 10.2 Å². The minimum absolute atomic E-state index is 0.00921. The highest BCUT2D eigenvalue weighted by Gasteiger charge is 2.30. The highest BCUT2D eigenvalue weighted by Crippen LogP contribution is 2.32. The highest BCUT2D eigenvalue weighted by atomic mass is 35.5. The van der Waals surface area contributed by atoms with E-state index in [0.29, 0.717) is 16.3 Å². The van der Waals surface area contributed by atoms with Crippen molar-refractivity contribution in [2.45, 2.75) is 26.9 Å². The first-order valence-electron chi connectivity index (χ1n) is 8.01. The fraction of sp³-hybridized carbons (Fsp3) is 0.263. The van der Waals surface area contributed by atoms with E-state index in [0.717, 1.165) is 17.7 Å². The second kappa shape index (κ2) is 8.00. The van der Waals surface area contributed by atoms with Crippen molar-refractivity contribution in [3.63, 3.8) is 0 Å². The molecule has 1 N–H and O–H groups in total. The molecule has 2 aromatic rings. The van der Waals surface area contributed by atoms with Gasteiger partial charge in [-0.25, -0.2) is 0 Å². The second-order valence-electron chi connectivity index (χ2n) is 6.14. The first kappa shape index (κ1) is 20.8. The van der Waals surface area contributed by atoms with Crippen LogP contribution in [0.25, 0.3) is 0 Å². The molecule has 0 aliphatic heterocycles. The third kappa shape index (κ3) is 5.23. The predicted octanol–water partition coefficient (Wildman–Crippen LogP) is 4.97. The molecular weight excluding hydrogens is 381 g/mol. The van der Waals surface area contributed by atoms with Gasteiger partial charge in [0.05, 0.1) is 16.3 Å². The van der Waals surface area contributed by atoms with Crippen LogP contribution in [-0.2, 0) is 15.8 Å². The average molecular weight is 399 g/mol. The summed E-state index contributed by atoms with van der Waals surface area (Å²) >= 11 is 6.24. The van der Waals surface area contributed by atoms with E-state index in [4.69, 9.17) is 11.6 Å². The number of benzene rings is 2. The Balaban J connectivity index is 2.23. The summed E-state index contributed by atoms with van der Waals surface area (Å²) in [5.74, 6) is -1.05. The van der Waals surface area contributed by atoms with E-state index in [1.165, 1.54) is 24.0 Å². The van der Waals surface area contributed by atoms with Crippen molar-refractivity contribution < 1.29 is 22.8 Å². The van der Waals surface area contributed by atoms with Crippen molar-refractivity contribution in [3.8, 4) is 0 Å². The van der Waals surface area contributed by atoms with E-state index in [1.807, 2.05) is 13.0 Å². The first-order chi connectivity index (χ1) is 12.5. The molecule has 27 heavy (non-hydrogen) atoms. The monoisotopic (exact) mass is 398 g/mol. The van der Waals surface area contributed by atoms with Crippen molar-refractivity contribution >= 4 is 34.8 Å². The Morgan fingerprint density at radius 3 is 2.37 bits per heavy atom. The second-order valence-corrected chi connectivity index (χ2v) is 6.55. The Morgan fingerprint density at radius 2 is 1.81 bits per heavy atom. The summed E-state index contributed by atoms with van der Waals surface area (Å²) < 4.78 is 38.4. The summed E-state index contributed by atoms with van der Waals surface area (Å²) in [5.41, 5.74) is 1.13. The number of carbonyl (C=O) groups excluding carboxylic acids is 2. The maximum absolute atomic E-state index is 12.8. The Bertz CT molecular complexity index is 858. The van der Waals surface area contributed by atoms with E-state index >= 15 is 0 Å². The van der Waals surface area contributed by atoms with Gasteiger partial charge in [-0.3, -0.25) is 9.59 Å². The van der Waals surface area contributed by atoms with Crippen LogP contribution in [0.15, 0.2) is 36.4 Å². The molecule has 4 nitrogen and oxygen atoms in total. The maximum atomic E-state index is 12.8. The maximum Gasteiger partial charge on any atom is 0.416 e. The number of carbonyl (C=O) groups is 2. The zero-order chi connectivity index (χ0) is 20.4. The summed E-state index contributed by atoms with van der Waals surface area (Å²) in [5, 5.41) is 2.70. The molecule has 0 saturated carbocycles. The lowest BCUT2D eigenvalue weighted by molar-refractivity contribution is -0.137. The number of halogens is 4. The van der Waals surface area contributed by atoms with Gasteiger partial charge in [-0.2, -0.15) is 13.2 Å². The van der Waals surface area contributed by atoms with Gasteiger partial charge in [0.1, 0.15) is 6.54 Å². The number of amides is 2. The van der Waals surface area contributed by atoms with Gasteiger partial charge in [-0.15, -0.1) is 0 Å². The summed E-state index contributed by atoms with van der Waals surface area (Å²) in [6.07, 6.45) is -4.52. The molecule has 0 heterocycles. The van der Waals surface area contributed by atoms with Crippen molar-refractivity contribution in [3.05, 3.63) is 58.1 Å². The SMILES string of the molecule is CC(=O)N(CC(=O)Nc1cccc(C(F)(F)F)c1)c1c(C)cc(C)cc1Cl. The third-order valence-corrected chi connectivity index (χ3v) is 4.11. The number of aryl methyl sites for hydroxylation is 2. The van der Waals surface area contributed by atoms with Gasteiger partial charge in [0, 0.05) is 12.6 Å². The van der Waals surface area contributed by atoms with Crippen LogP contribution in [0.4, 0.5) is 24.5 Å². The molecule has 0 unspecified atom stereocenters. The fourth-order valence-electron chi connectivity index (χ4n) is 2.72. The van der Waals surface area contributed by atoms with Crippen LogP contribution in [0.5, 0.6) is 0 Å². The molecule has 0 spiro atoms. The highest BCUT2D eigenvalue weighted by molar-refractivity contribution is 6.34. The van der Waals surface area contributed by atoms with E-state index in [2.05, 4.69) is 5.32 Å². The zero-order valence-corrected chi connectivity index (χ0v) is 15.7. The number of nitrogens with one attached hydrogen (secondary N) is 1. The zero-order valence-electron chi connectivity index (χ0n) is 14.9. The van der Waals surface area contributed by atoms with Crippen molar-refractivity contribution in [2.24, 2.45) is 0 Å². The van der Waals surface area contributed by atoms with Crippen LogP contribution >= 0.6 is 11.6 Å². The molecule has 8 heteroatoms. The molecular formula is C19H18ClF3N2O2. The number of nitrogens with zero attached hydrogens (tertiary/aromatic N) is 1. The third-order valence-electron chi connectivity index (χ3n) is 3.82. The summed E-state index contributed by atoms with van der Waals surface area (Å²) in [4.78, 5) is 25.6. The van der Waals surface area contributed by atoms with Crippen LogP contribution in [-0.4, -0.2) is 18.4 Å². The lowest BCUT2D eigenvalue weighted by atomic mass is 10.1. The van der Waals surface area contributed by atoms with Crippen LogP contribution in [0.3, 0.4) is 0 Å². The van der Waals surface area contributed by atoms with E-state index < -0.39 is 23.6 Å². The fourth-order valence-corrected chi connectivity index (χ4v) is 3.14. The summed E-state index contributed by atoms with van der Waals surface area (Å²) in [6.45, 7) is 4.51. The van der Waals surface area contributed by atoms with Crippen LogP contribution in [0.1, 0.15) is 23.6 Å². The van der Waals surface area contributed by atoms with E-state index in [-0.39, 0.29) is 12.2 Å². The number of hydrogen-bond acceptors (Lipinski definition) is 2. The minimum Gasteiger partial charge on any atom is -0.325 e. The van der Waals surface area contributed by atoms with Gasteiger partial charge in [0.2, 0.25) is 11.8 Å². The summed E-state index contributed by atoms with van der Waals surface area (Å²) in [7, 11) is 0. The molecule has 0 bridgehead atoms. The summed E-state index contributed by atoms with van der Waals surface area (Å²) in [6, 6.07) is 7.77. The molecule has 144 valence electrons. The molecule has 0 saturated heterocycles. The van der Waals surface area contributed by atoms with Gasteiger partial charge in [-0.05, 0) is 49.2 Å². The Kier molecular flexibility index (Phi) is 6.15. The number of rotatable bonds is 4. The molecule has 0 atom stereocenters. The Labute approximate surface area is 159 Å². The standard InChI is InChI=1S/C19H18ClF3N2O2/c1-11-7-12(2)18(16(20)8-11)25(13(3)26)10-17(27)24-15-6-4-5-14(9-15)19(21,22)23/h4-9H,10H2,1-3H3,(H,24,27). The first-order valence-corrected chi connectivity index (χ1v) is 8.39. The van der Waals surface area contributed by atoms with Crippen LogP contribution < -0.4 is 10.2 Å². The molecule has 2 amide bonds. The van der Waals surface area contributed by atoms with Crippen LogP contribution in [0, 0.1) is 13.8 Å². The van der Waals surface area contributed by atoms with Crippen molar-refractivity contribution in [1.82, 2.24) is 0 Å². The molecule has 0 radical (unpaired) electrons. The molecule has 0 fully saturated rings. The number of hydrogen-bond donors (Lipinski definition) is 1. The molecule has 0 aliphatic carbocycles. The van der Waals surface area contributed by atoms with Crippen molar-refractivity contribution in [1.29, 1.82) is 0 Å². The smallest absolute Gasteiger partial charge is 0.325 e. The molecule has 0 aromatic heterocycles. The largest absolute Gasteiger partial charge is 0.416 e. The van der Waals surface area contributed by atoms with Gasteiger partial charge >= 0.3 is 6.18 Å². The number of anilines is 2. The Morgan fingerprint density at radius 1 is 1.15 bits per heavy atom. The molecule has 2 rings (SSSR count). The normalized spacial score (nSPS) is 11.2. The van der Waals surface area contributed by atoms with Gasteiger partial charge in [0.15, 0.2) is 0 Å². The quantitative estimate of drug-likeness (QED) is 0.790. The topological polar surface area (TPSA) is 49.4 Å². The average Bonchev–Trinajstić information content (AvgIpc) is 2.52. The lowest BCUT2D eigenvalue weighted by Gasteiger charge is -2.24. The van der Waals surface area contributed by atoms with Crippen molar-refractivity contribution in [2.75, 3.05) is 16.8 Å². The number of alkyl halides is 3. The molecule has 2 aromatic carbocycles. The van der Waals surface area contributed by atoms with Gasteiger partial charge in [0.25, 0.3) is 0 Å². The minimum atomic E-state index is -4.52. The van der Waals surface area contributed by atoms with Gasteiger partial charge in [-0.1, -0.05) is 23.7 Å². The van der Waals surface area contributed by atoms with Crippen LogP contribution in [0.2, 0.25) is 5.02 Å². The Hall–Kier alpha value is -2.54. The lowest BCUT2D eigenvalue weighted by Crippen LogP contribution is -2.37. The van der Waals surface area contributed by atoms with E-state index in [9.17, 15) is 22.8 Å². The predicted molar refractivity (Wildman–Crippen MR) is 99.0 cm³/mol. The van der Waals surface area contributed by atoms with E-state index in [1.54, 1.807) is 13.0 Å².